The maximum absolute atomic E-state index is 15.0. The Morgan fingerprint density at radius 2 is 0.956 bits per heavy atom. The molecule has 0 radical (unpaired) electrons. The maximum Gasteiger partial charge on any atom is 0.408 e. The van der Waals surface area contributed by atoms with Crippen LogP contribution in [0.1, 0.15) is 127 Å². The monoisotopic (exact) mass is 1520 g/mol. The Hall–Kier alpha value is -5.72. The number of amides is 5. The number of alkyl carbamates (subject to hydrolysis) is 1. The predicted octanol–water partition coefficient (Wildman–Crippen LogP) is 16.9. The molecule has 90 heavy (non-hydrogen) atoms. The molecule has 0 aromatic heterocycles. The van der Waals surface area contributed by atoms with Crippen molar-refractivity contribution in [2.45, 2.75) is 134 Å². The standard InChI is InChI=1S/C30H36ClFN4O2.C23H27ClFN3O3.C15H14ClFN2.I2/c1-18(33-30(38)34-28-21-11-10-19-14-20(16-21)17-22(28)15-19)29(37)35-13-12-26(23-6-2-3-7-24(23)31)36(35)27-9-5-4-8-25(27)32;1-15(26-22(30)31-23(2,3)4)21(29)27-14-13-19(16-9-5-6-10-17(16)24)28(27)20-12-8-7-11-18(20)25;16-12-6-2-1-5-11(12)14-9-10-18-19(14)15-8-4-3-7-13(15)17;1-2/h2-9,18-22,26,28H,10-17H2,1H3,(H2,33,34,38);5-12,15,19H,13-14H2,1-4H3,(H,26,30);1-8,14,18H,9-10H2;/t18-,19?,20?,21?,22?,26?,28?;15-,19?;;/m00../s1. The fourth-order valence-corrected chi connectivity index (χ4v) is 14.7. The largest absolute Gasteiger partial charge is 0.444 e. The Morgan fingerprint density at radius 1 is 0.533 bits per heavy atom. The third-order valence-corrected chi connectivity index (χ3v) is 18.7. The van der Waals surface area contributed by atoms with Crippen molar-refractivity contribution in [3.8, 4) is 0 Å². The molecule has 3 saturated heterocycles. The second-order valence-electron chi connectivity index (χ2n) is 24.7. The molecule has 4 N–H and O–H groups in total. The van der Waals surface area contributed by atoms with E-state index in [1.807, 2.05) is 77.8 Å². The fourth-order valence-electron chi connectivity index (χ4n) is 13.9. The lowest BCUT2D eigenvalue weighted by molar-refractivity contribution is -0.133. The van der Waals surface area contributed by atoms with Crippen LogP contribution in [0.5, 0.6) is 0 Å². The van der Waals surface area contributed by atoms with Gasteiger partial charge in [0.1, 0.15) is 35.1 Å². The third-order valence-electron chi connectivity index (χ3n) is 17.6. The first-order valence-corrected chi connectivity index (χ1v) is 38.1. The van der Waals surface area contributed by atoms with Crippen LogP contribution >= 0.6 is 72.0 Å². The minimum Gasteiger partial charge on any atom is -0.444 e. The number of fused-ring (bicyclic) bond motifs is 1. The van der Waals surface area contributed by atoms with Crippen LogP contribution in [0, 0.1) is 41.1 Å². The average molecular weight is 1520 g/mol. The van der Waals surface area contributed by atoms with Crippen LogP contribution < -0.4 is 36.4 Å². The number of carbonyl (C=O) groups is 4. The van der Waals surface area contributed by atoms with Gasteiger partial charge in [-0.05, 0) is 181 Å². The summed E-state index contributed by atoms with van der Waals surface area (Å²) in [5.41, 5.74) is 6.34. The number of anilines is 3. The summed E-state index contributed by atoms with van der Waals surface area (Å²) in [6.07, 6.45) is 8.82. The van der Waals surface area contributed by atoms with Crippen LogP contribution in [0.15, 0.2) is 146 Å². The summed E-state index contributed by atoms with van der Waals surface area (Å²) in [5, 5.41) is 18.8. The Balaban J connectivity index is 0.000000166. The van der Waals surface area contributed by atoms with Gasteiger partial charge in [-0.1, -0.05) is 132 Å². The van der Waals surface area contributed by atoms with Crippen LogP contribution in [-0.4, -0.2) is 77.3 Å². The molecule has 0 spiro atoms. The highest BCUT2D eigenvalue weighted by molar-refractivity contribution is 15.0. The summed E-state index contributed by atoms with van der Waals surface area (Å²) in [4.78, 5) is 52.2. The summed E-state index contributed by atoms with van der Waals surface area (Å²) < 4.78 is 48.9. The van der Waals surface area contributed by atoms with Crippen LogP contribution in [0.3, 0.4) is 0 Å². The minimum absolute atomic E-state index is 0.0607. The molecule has 6 aromatic rings. The minimum atomic E-state index is -0.867. The summed E-state index contributed by atoms with van der Waals surface area (Å²) in [6, 6.07) is 39.7. The number of hydrazine groups is 3. The van der Waals surface area contributed by atoms with Gasteiger partial charge in [0.05, 0.1) is 35.2 Å². The molecule has 3 heterocycles. The van der Waals surface area contributed by atoms with Gasteiger partial charge in [0, 0.05) is 78.0 Å². The summed E-state index contributed by atoms with van der Waals surface area (Å²) >= 11 is 23.4. The van der Waals surface area contributed by atoms with Crippen molar-refractivity contribution in [2.24, 2.45) is 23.7 Å². The number of rotatable bonds is 11. The number of ether oxygens (including phenoxy) is 1. The number of carbonyl (C=O) groups excluding carboxylic acids is 4. The molecular formula is C68H77Cl3F3I2N9O5. The third kappa shape index (κ3) is 16.4. The lowest BCUT2D eigenvalue weighted by Gasteiger charge is -2.44. The molecule has 4 bridgehead atoms. The lowest BCUT2D eigenvalue weighted by atomic mass is 9.65. The van der Waals surface area contributed by atoms with Gasteiger partial charge in [0.25, 0.3) is 11.8 Å². The zero-order chi connectivity index (χ0) is 64.4. The molecule has 3 aliphatic heterocycles. The first-order valence-electron chi connectivity index (χ1n) is 30.7. The Labute approximate surface area is 564 Å². The van der Waals surface area contributed by atoms with Crippen molar-refractivity contribution in [1.82, 2.24) is 31.4 Å². The Kier molecular flexibility index (Phi) is 23.8. The maximum atomic E-state index is 15.0. The number of benzene rings is 6. The van der Waals surface area contributed by atoms with E-state index >= 15 is 4.39 Å². The van der Waals surface area contributed by atoms with Gasteiger partial charge in [-0.2, -0.15) is 0 Å². The summed E-state index contributed by atoms with van der Waals surface area (Å²) in [5.74, 6) is 0.964. The number of hydrogen-bond acceptors (Lipinski definition) is 9. The van der Waals surface area contributed by atoms with E-state index in [1.54, 1.807) is 104 Å². The zero-order valence-electron chi connectivity index (χ0n) is 50.9. The Morgan fingerprint density at radius 3 is 1.43 bits per heavy atom. The molecule has 14 nitrogen and oxygen atoms in total. The van der Waals surface area contributed by atoms with Gasteiger partial charge >= 0.3 is 12.1 Å². The first-order chi connectivity index (χ1) is 43.2. The van der Waals surface area contributed by atoms with Gasteiger partial charge in [-0.15, -0.1) is 0 Å². The van der Waals surface area contributed by atoms with E-state index in [1.165, 1.54) is 61.7 Å². The van der Waals surface area contributed by atoms with E-state index in [2.05, 4.69) is 58.6 Å². The Bertz CT molecular complexity index is 3410. The molecule has 4 aliphatic carbocycles. The van der Waals surface area contributed by atoms with Crippen molar-refractivity contribution in [3.05, 3.63) is 195 Å². The smallest absolute Gasteiger partial charge is 0.408 e. The number of para-hydroxylation sites is 3. The average Bonchev–Trinajstić information content (AvgIpc) is 1.65. The van der Waals surface area contributed by atoms with E-state index in [9.17, 15) is 28.0 Å². The van der Waals surface area contributed by atoms with E-state index in [0.29, 0.717) is 59.2 Å². The molecule has 10 atom stereocenters. The highest BCUT2D eigenvalue weighted by Gasteiger charge is 2.47. The van der Waals surface area contributed by atoms with Crippen molar-refractivity contribution in [2.75, 3.05) is 34.7 Å². The molecular weight excluding hydrogens is 1440 g/mol. The highest BCUT2D eigenvalue weighted by atomic mass is 128. The molecule has 7 aliphatic rings. The van der Waals surface area contributed by atoms with E-state index in [4.69, 9.17) is 39.5 Å². The van der Waals surface area contributed by atoms with Crippen LogP contribution in [-0.2, 0) is 14.3 Å². The molecule has 22 heteroatoms. The van der Waals surface area contributed by atoms with Crippen molar-refractivity contribution in [1.29, 1.82) is 0 Å². The number of nitrogens with one attached hydrogen (secondary N) is 4. The lowest BCUT2D eigenvalue weighted by Crippen LogP contribution is -2.57. The normalized spacial score (nSPS) is 23.0. The number of urea groups is 1. The first kappa shape index (κ1) is 68.6. The number of nitrogens with zero attached hydrogens (tertiary/aromatic N) is 5. The topological polar surface area (TPSA) is 142 Å². The number of hydrogen-bond donors (Lipinski definition) is 4. The summed E-state index contributed by atoms with van der Waals surface area (Å²) in [7, 11) is 0. The van der Waals surface area contributed by atoms with E-state index in [0.717, 1.165) is 46.5 Å². The number of halogens is 8. The molecule has 7 fully saturated rings. The fraction of sp³-hybridized carbons (Fsp3) is 0.412. The molecule has 480 valence electrons. The van der Waals surface area contributed by atoms with Crippen LogP contribution in [0.2, 0.25) is 15.1 Å². The second kappa shape index (κ2) is 31.3. The van der Waals surface area contributed by atoms with Gasteiger partial charge in [-0.3, -0.25) is 34.6 Å². The van der Waals surface area contributed by atoms with Crippen molar-refractivity contribution in [3.63, 3.8) is 0 Å². The second-order valence-corrected chi connectivity index (χ2v) is 25.9. The van der Waals surface area contributed by atoms with Crippen LogP contribution in [0.4, 0.5) is 39.8 Å². The van der Waals surface area contributed by atoms with Gasteiger partial charge in [-0.25, -0.2) is 28.2 Å². The van der Waals surface area contributed by atoms with E-state index in [-0.39, 0.29) is 53.5 Å². The molecule has 5 amide bonds. The van der Waals surface area contributed by atoms with Gasteiger partial charge in [0.2, 0.25) is 0 Å². The molecule has 13 rings (SSSR count). The SMILES string of the molecule is C[C@H](NC(=O)NC1C2CCC3CC(C2)CC1C3)C(=O)N1CCC(c2ccccc2Cl)N1c1ccccc1F.C[C@H](NC(=O)OC(C)(C)C)C(=O)N1CCC(c2ccccc2Cl)N1c1ccccc1F.Fc1ccccc1N1NCCC1c1ccccc1Cl.II. The summed E-state index contributed by atoms with van der Waals surface area (Å²) in [6.45, 7) is 10.1. The van der Waals surface area contributed by atoms with Crippen molar-refractivity contribution < 1.29 is 37.1 Å². The quantitative estimate of drug-likeness (QED) is 0.0933. The zero-order valence-corrected chi connectivity index (χ0v) is 57.5. The van der Waals surface area contributed by atoms with Gasteiger partial charge in [0.15, 0.2) is 0 Å². The van der Waals surface area contributed by atoms with Crippen molar-refractivity contribution >= 4 is 113 Å². The van der Waals surface area contributed by atoms with Crippen LogP contribution in [0.25, 0.3) is 0 Å². The predicted molar refractivity (Wildman–Crippen MR) is 368 cm³/mol. The highest BCUT2D eigenvalue weighted by Crippen LogP contribution is 2.51. The van der Waals surface area contributed by atoms with Gasteiger partial charge < -0.3 is 20.7 Å². The molecule has 4 saturated carbocycles. The molecule has 6 aromatic carbocycles. The molecule has 8 unspecified atom stereocenters. The van der Waals surface area contributed by atoms with E-state index < -0.39 is 35.4 Å².